The third-order valence-electron chi connectivity index (χ3n) is 2.42. The Morgan fingerprint density at radius 1 is 0.611 bits per heavy atom. The van der Waals surface area contributed by atoms with Crippen molar-refractivity contribution in [2.24, 2.45) is 0 Å². The molecule has 0 spiro atoms. The summed E-state index contributed by atoms with van der Waals surface area (Å²) in [4.78, 5) is 0. The van der Waals surface area contributed by atoms with Crippen molar-refractivity contribution in [1.82, 2.24) is 0 Å². The van der Waals surface area contributed by atoms with Gasteiger partial charge in [-0.2, -0.15) is 0 Å². The van der Waals surface area contributed by atoms with Gasteiger partial charge in [0.25, 0.3) is 0 Å². The van der Waals surface area contributed by atoms with Crippen LogP contribution in [0.2, 0.25) is 0 Å². The second-order valence-electron chi connectivity index (χ2n) is 3.57. The lowest BCUT2D eigenvalue weighted by atomic mass is 10.1. The van der Waals surface area contributed by atoms with Crippen molar-refractivity contribution in [2.75, 3.05) is 0 Å². The molecule has 0 saturated heterocycles. The van der Waals surface area contributed by atoms with Crippen molar-refractivity contribution in [3.05, 3.63) is 48.5 Å². The molecular weight excluding hydrogens is 348 g/mol. The van der Waals surface area contributed by atoms with E-state index in [1.54, 1.807) is 0 Å². The van der Waals surface area contributed by atoms with E-state index < -0.39 is 13.3 Å². The predicted molar refractivity (Wildman–Crippen MR) is 88.4 cm³/mol. The van der Waals surface area contributed by atoms with Crippen LogP contribution in [0, 0.1) is 0 Å². The number of benzene rings is 2. The van der Waals surface area contributed by atoms with Crippen LogP contribution in [0.5, 0.6) is 0 Å². The van der Waals surface area contributed by atoms with E-state index in [4.69, 9.17) is 45.0 Å². The van der Waals surface area contributed by atoms with Gasteiger partial charge in [-0.1, -0.05) is 81.4 Å². The van der Waals surface area contributed by atoms with Gasteiger partial charge in [0.05, 0.1) is 0 Å². The molecule has 0 N–H and O–H groups in total. The molecule has 0 bridgehead atoms. The van der Waals surface area contributed by atoms with E-state index in [9.17, 15) is 0 Å². The molecule has 94 valence electrons. The Morgan fingerprint density at radius 3 is 1.33 bits per heavy atom. The van der Waals surface area contributed by atoms with Crippen LogP contribution in [0.15, 0.2) is 48.5 Å². The summed E-state index contributed by atoms with van der Waals surface area (Å²) >= 11 is 23.7. The Morgan fingerprint density at radius 2 is 1.00 bits per heavy atom. The van der Waals surface area contributed by atoms with E-state index in [-0.39, 0.29) is 0 Å². The van der Waals surface area contributed by atoms with Gasteiger partial charge in [-0.25, -0.2) is 0 Å². The molecule has 0 aromatic heterocycles. The zero-order valence-electron chi connectivity index (χ0n) is 9.03. The Kier molecular flexibility index (Phi) is 5.58. The summed E-state index contributed by atoms with van der Waals surface area (Å²) in [6.07, 6.45) is 0. The first-order valence-corrected chi connectivity index (χ1v) is 11.3. The maximum Gasteiger partial charge on any atom is 0.116 e. The fourth-order valence-corrected chi connectivity index (χ4v) is 3.71. The Balaban J connectivity index is 2.42. The second kappa shape index (κ2) is 6.76. The van der Waals surface area contributed by atoms with Crippen molar-refractivity contribution < 1.29 is 0 Å². The van der Waals surface area contributed by atoms with E-state index in [0.29, 0.717) is 0 Å². The largest absolute Gasteiger partial charge is 0.116 e. The van der Waals surface area contributed by atoms with Crippen molar-refractivity contribution in [1.29, 1.82) is 0 Å². The smallest absolute Gasteiger partial charge is 0.0727 e. The molecule has 2 aromatic carbocycles. The first-order valence-electron chi connectivity index (χ1n) is 5.02. The lowest BCUT2D eigenvalue weighted by Crippen LogP contribution is -1.97. The average molecular weight is 356 g/mol. The summed E-state index contributed by atoms with van der Waals surface area (Å²) < 4.78 is 0. The molecule has 0 amide bonds. The molecule has 0 aliphatic rings. The van der Waals surface area contributed by atoms with Crippen LogP contribution >= 0.6 is 58.2 Å². The van der Waals surface area contributed by atoms with Crippen molar-refractivity contribution >= 4 is 68.8 Å². The highest BCUT2D eigenvalue weighted by Crippen LogP contribution is 2.47. The van der Waals surface area contributed by atoms with Gasteiger partial charge >= 0.3 is 0 Å². The van der Waals surface area contributed by atoms with Gasteiger partial charge in [0, 0.05) is 10.6 Å². The van der Waals surface area contributed by atoms with Gasteiger partial charge < -0.3 is 0 Å². The summed E-state index contributed by atoms with van der Waals surface area (Å²) in [5, 5.41) is 1.88. The highest BCUT2D eigenvalue weighted by atomic mass is 35.9. The zero-order chi connectivity index (χ0) is 13.1. The molecule has 0 nitrogen and oxygen atoms in total. The zero-order valence-corrected chi connectivity index (χ0v) is 13.8. The Labute approximate surface area is 128 Å². The maximum absolute atomic E-state index is 5.94. The lowest BCUT2D eigenvalue weighted by Gasteiger charge is -2.08. The van der Waals surface area contributed by atoms with E-state index in [0.717, 1.165) is 21.7 Å². The normalized spacial score (nSPS) is 11.2. The molecule has 0 radical (unpaired) electrons. The van der Waals surface area contributed by atoms with Crippen LogP contribution in [-0.2, 0) is 0 Å². The molecule has 0 saturated carbocycles. The molecule has 2 rings (SSSR count). The predicted octanol–water partition coefficient (Wildman–Crippen LogP) is 6.18. The van der Waals surface area contributed by atoms with E-state index in [1.165, 1.54) is 0 Å². The lowest BCUT2D eigenvalue weighted by molar-refractivity contribution is 1.67. The summed E-state index contributed by atoms with van der Waals surface area (Å²) in [5.41, 5.74) is 2.13. The molecule has 18 heavy (non-hydrogen) atoms. The molecular formula is C12H8Cl4P2. The molecule has 0 fully saturated rings. The molecule has 2 aromatic rings. The van der Waals surface area contributed by atoms with Gasteiger partial charge in [0.15, 0.2) is 0 Å². The minimum atomic E-state index is -1.13. The molecule has 0 atom stereocenters. The monoisotopic (exact) mass is 354 g/mol. The van der Waals surface area contributed by atoms with E-state index >= 15 is 0 Å². The fourth-order valence-electron chi connectivity index (χ4n) is 1.58. The van der Waals surface area contributed by atoms with Crippen LogP contribution in [0.3, 0.4) is 0 Å². The first kappa shape index (κ1) is 14.9. The highest BCUT2D eigenvalue weighted by Gasteiger charge is 2.08. The van der Waals surface area contributed by atoms with Crippen LogP contribution in [0.25, 0.3) is 11.1 Å². The van der Waals surface area contributed by atoms with Crippen molar-refractivity contribution in [3.8, 4) is 11.1 Å². The van der Waals surface area contributed by atoms with Gasteiger partial charge in [0.1, 0.15) is 13.3 Å². The summed E-state index contributed by atoms with van der Waals surface area (Å²) in [7, 11) is 0. The number of hydrogen-bond acceptors (Lipinski definition) is 0. The molecule has 0 aliphatic carbocycles. The van der Waals surface area contributed by atoms with Gasteiger partial charge in [-0.3, -0.25) is 0 Å². The van der Waals surface area contributed by atoms with Crippen LogP contribution < -0.4 is 10.6 Å². The Hall–Kier alpha value is 0.460. The minimum Gasteiger partial charge on any atom is -0.0727 e. The molecule has 0 heterocycles. The Bertz CT molecular complexity index is 494. The maximum atomic E-state index is 5.94. The van der Waals surface area contributed by atoms with Crippen LogP contribution in [-0.4, -0.2) is 0 Å². The molecule has 0 aliphatic heterocycles. The number of hydrogen-bond donors (Lipinski definition) is 0. The average Bonchev–Trinajstić information content (AvgIpc) is 2.39. The van der Waals surface area contributed by atoms with Crippen molar-refractivity contribution in [3.63, 3.8) is 0 Å². The molecule has 6 heteroatoms. The van der Waals surface area contributed by atoms with Gasteiger partial charge in [-0.05, 0) is 23.3 Å². The summed E-state index contributed by atoms with van der Waals surface area (Å²) in [6.45, 7) is -2.25. The quantitative estimate of drug-likeness (QED) is 0.576. The standard InChI is InChI=1S/C12H8Cl4P2/c13-17(14)11-5-1-3-9(7-11)10-4-2-6-12(8-10)18(15)16/h1-8H. The SMILES string of the molecule is ClP(Cl)c1cccc(-c2cccc(P(Cl)Cl)c2)c1. The number of halogens is 4. The third kappa shape index (κ3) is 3.73. The van der Waals surface area contributed by atoms with Crippen LogP contribution in [0.1, 0.15) is 0 Å². The van der Waals surface area contributed by atoms with Crippen LogP contribution in [0.4, 0.5) is 0 Å². The minimum absolute atomic E-state index is 0.940. The topological polar surface area (TPSA) is 0 Å². The number of rotatable bonds is 3. The first-order chi connectivity index (χ1) is 8.58. The van der Waals surface area contributed by atoms with Crippen molar-refractivity contribution in [2.45, 2.75) is 0 Å². The van der Waals surface area contributed by atoms with Gasteiger partial charge in [0.2, 0.25) is 0 Å². The highest BCUT2D eigenvalue weighted by molar-refractivity contribution is 8.09. The van der Waals surface area contributed by atoms with E-state index in [1.807, 2.05) is 48.5 Å². The van der Waals surface area contributed by atoms with E-state index in [2.05, 4.69) is 0 Å². The van der Waals surface area contributed by atoms with Gasteiger partial charge in [-0.15, -0.1) is 0 Å². The summed E-state index contributed by atoms with van der Waals surface area (Å²) in [6, 6.07) is 15.8. The molecule has 0 unspecified atom stereocenters. The second-order valence-corrected chi connectivity index (χ2v) is 10.6. The third-order valence-corrected chi connectivity index (χ3v) is 6.10. The summed E-state index contributed by atoms with van der Waals surface area (Å²) in [5.74, 6) is 0. The fraction of sp³-hybridized carbons (Fsp3) is 0.